The second kappa shape index (κ2) is 6.39. The average Bonchev–Trinajstić information content (AvgIpc) is 2.48. The molecule has 0 aliphatic rings. The molecule has 0 fully saturated rings. The summed E-state index contributed by atoms with van der Waals surface area (Å²) >= 11 is 3.04. The predicted octanol–water partition coefficient (Wildman–Crippen LogP) is 5.08. The van der Waals surface area contributed by atoms with Crippen molar-refractivity contribution in [3.05, 3.63) is 52.0 Å². The van der Waals surface area contributed by atoms with Crippen molar-refractivity contribution >= 4 is 22.2 Å². The van der Waals surface area contributed by atoms with E-state index in [4.69, 9.17) is 9.47 Å². The molecule has 0 spiro atoms. The van der Waals surface area contributed by atoms with Crippen LogP contribution in [0.4, 0.5) is 13.2 Å². The van der Waals surface area contributed by atoms with Gasteiger partial charge in [0.1, 0.15) is 12.0 Å². The molecule has 0 saturated heterocycles. The Hall–Kier alpha value is -2.02. The highest BCUT2D eigenvalue weighted by molar-refractivity contribution is 9.10. The Kier molecular flexibility index (Phi) is 4.75. The molecule has 0 heterocycles. The molecule has 0 radical (unpaired) electrons. The maximum Gasteiger partial charge on any atom is 0.416 e. The molecule has 0 atom stereocenters. The summed E-state index contributed by atoms with van der Waals surface area (Å²) in [6.07, 6.45) is -3.80. The lowest BCUT2D eigenvalue weighted by molar-refractivity contribution is -0.137. The highest BCUT2D eigenvalue weighted by atomic mass is 79.9. The van der Waals surface area contributed by atoms with Crippen LogP contribution < -0.4 is 9.47 Å². The molecule has 22 heavy (non-hydrogen) atoms. The zero-order chi connectivity index (χ0) is 16.3. The van der Waals surface area contributed by atoms with Crippen LogP contribution in [-0.2, 0) is 6.18 Å². The highest BCUT2D eigenvalue weighted by Gasteiger charge is 2.31. The molecule has 7 heteroatoms. The van der Waals surface area contributed by atoms with Gasteiger partial charge in [-0.05, 0) is 52.3 Å². The third-order valence-corrected chi connectivity index (χ3v) is 3.42. The smallest absolute Gasteiger partial charge is 0.416 e. The highest BCUT2D eigenvalue weighted by Crippen LogP contribution is 2.39. The van der Waals surface area contributed by atoms with E-state index in [0.29, 0.717) is 17.6 Å². The third-order valence-electron chi connectivity index (χ3n) is 2.80. The molecule has 0 bridgehead atoms. The number of hydrogen-bond donors (Lipinski definition) is 0. The SMILES string of the molecule is COc1ccc(C=O)cc1Oc1ccc(C(F)(F)F)cc1Br. The number of alkyl halides is 3. The number of halogens is 4. The van der Waals surface area contributed by atoms with Crippen molar-refractivity contribution in [1.29, 1.82) is 0 Å². The molecule has 2 rings (SSSR count). The van der Waals surface area contributed by atoms with Crippen molar-refractivity contribution in [3.8, 4) is 17.2 Å². The number of methoxy groups -OCH3 is 1. The predicted molar refractivity (Wildman–Crippen MR) is 77.6 cm³/mol. The topological polar surface area (TPSA) is 35.5 Å². The molecule has 0 aliphatic heterocycles. The van der Waals surface area contributed by atoms with E-state index in [2.05, 4.69) is 15.9 Å². The summed E-state index contributed by atoms with van der Waals surface area (Å²) in [7, 11) is 1.42. The summed E-state index contributed by atoms with van der Waals surface area (Å²) in [5.74, 6) is 0.763. The van der Waals surface area contributed by atoms with Crippen molar-refractivity contribution in [3.63, 3.8) is 0 Å². The maximum atomic E-state index is 12.6. The maximum absolute atomic E-state index is 12.6. The van der Waals surface area contributed by atoms with Gasteiger partial charge in [-0.15, -0.1) is 0 Å². The Balaban J connectivity index is 2.37. The van der Waals surface area contributed by atoms with E-state index < -0.39 is 11.7 Å². The minimum absolute atomic E-state index is 0.140. The first-order valence-electron chi connectivity index (χ1n) is 6.03. The molecule has 0 amide bonds. The Morgan fingerprint density at radius 1 is 1.05 bits per heavy atom. The van der Waals surface area contributed by atoms with Crippen molar-refractivity contribution in [2.75, 3.05) is 7.11 Å². The number of rotatable bonds is 4. The fraction of sp³-hybridized carbons (Fsp3) is 0.133. The second-order valence-electron chi connectivity index (χ2n) is 4.27. The molecule has 3 nitrogen and oxygen atoms in total. The Bertz CT molecular complexity index is 699. The molecule has 2 aromatic rings. The van der Waals surface area contributed by atoms with Gasteiger partial charge < -0.3 is 9.47 Å². The second-order valence-corrected chi connectivity index (χ2v) is 5.13. The van der Waals surface area contributed by atoms with Crippen LogP contribution in [0.3, 0.4) is 0 Å². The van der Waals surface area contributed by atoms with E-state index in [1.807, 2.05) is 0 Å². The molecular formula is C15H10BrF3O3. The zero-order valence-electron chi connectivity index (χ0n) is 11.3. The summed E-state index contributed by atoms with van der Waals surface area (Å²) in [4.78, 5) is 10.8. The lowest BCUT2D eigenvalue weighted by atomic mass is 10.2. The normalized spacial score (nSPS) is 11.1. The quantitative estimate of drug-likeness (QED) is 0.699. The number of carbonyl (C=O) groups is 1. The van der Waals surface area contributed by atoms with Crippen LogP contribution in [-0.4, -0.2) is 13.4 Å². The molecule has 0 aromatic heterocycles. The molecule has 116 valence electrons. The minimum atomic E-state index is -4.43. The first-order valence-corrected chi connectivity index (χ1v) is 6.82. The van der Waals surface area contributed by atoms with E-state index in [-0.39, 0.29) is 16.0 Å². The van der Waals surface area contributed by atoms with Crippen LogP contribution in [0, 0.1) is 0 Å². The van der Waals surface area contributed by atoms with Crippen LogP contribution >= 0.6 is 15.9 Å². The summed E-state index contributed by atoms with van der Waals surface area (Å²) < 4.78 is 48.7. The van der Waals surface area contributed by atoms with Crippen LogP contribution in [0.5, 0.6) is 17.2 Å². The monoisotopic (exact) mass is 374 g/mol. The van der Waals surface area contributed by atoms with E-state index in [1.54, 1.807) is 6.07 Å². The van der Waals surface area contributed by atoms with Crippen molar-refractivity contribution in [2.45, 2.75) is 6.18 Å². The largest absolute Gasteiger partial charge is 0.493 e. The number of hydrogen-bond acceptors (Lipinski definition) is 3. The van der Waals surface area contributed by atoms with Crippen LogP contribution in [0.25, 0.3) is 0 Å². The van der Waals surface area contributed by atoms with Gasteiger partial charge in [0, 0.05) is 5.56 Å². The molecule has 0 aliphatic carbocycles. The van der Waals surface area contributed by atoms with Gasteiger partial charge in [-0.25, -0.2) is 0 Å². The van der Waals surface area contributed by atoms with Gasteiger partial charge in [0.05, 0.1) is 17.1 Å². The number of ether oxygens (including phenoxy) is 2. The van der Waals surface area contributed by atoms with Crippen LogP contribution in [0.15, 0.2) is 40.9 Å². The Morgan fingerprint density at radius 2 is 1.73 bits per heavy atom. The minimum Gasteiger partial charge on any atom is -0.493 e. The van der Waals surface area contributed by atoms with Gasteiger partial charge in [-0.1, -0.05) is 0 Å². The van der Waals surface area contributed by atoms with Gasteiger partial charge in [0.25, 0.3) is 0 Å². The van der Waals surface area contributed by atoms with Crippen molar-refractivity contribution < 1.29 is 27.4 Å². The van der Waals surface area contributed by atoms with E-state index in [1.165, 1.54) is 25.3 Å². The zero-order valence-corrected chi connectivity index (χ0v) is 12.9. The van der Waals surface area contributed by atoms with Gasteiger partial charge in [0.15, 0.2) is 11.5 Å². The van der Waals surface area contributed by atoms with E-state index >= 15 is 0 Å². The summed E-state index contributed by atoms with van der Waals surface area (Å²) in [5, 5.41) is 0. The van der Waals surface area contributed by atoms with Gasteiger partial charge >= 0.3 is 6.18 Å². The average molecular weight is 375 g/mol. The van der Waals surface area contributed by atoms with Crippen molar-refractivity contribution in [2.24, 2.45) is 0 Å². The lowest BCUT2D eigenvalue weighted by Gasteiger charge is -2.13. The van der Waals surface area contributed by atoms with Gasteiger partial charge in [-0.2, -0.15) is 13.2 Å². The van der Waals surface area contributed by atoms with Crippen molar-refractivity contribution in [1.82, 2.24) is 0 Å². The fourth-order valence-corrected chi connectivity index (χ4v) is 2.18. The summed E-state index contributed by atoms with van der Waals surface area (Å²) in [6.45, 7) is 0. The van der Waals surface area contributed by atoms with Gasteiger partial charge in [-0.3, -0.25) is 4.79 Å². The van der Waals surface area contributed by atoms with Crippen LogP contribution in [0.1, 0.15) is 15.9 Å². The lowest BCUT2D eigenvalue weighted by Crippen LogP contribution is -2.04. The summed E-state index contributed by atoms with van der Waals surface area (Å²) in [6, 6.07) is 7.55. The first-order chi connectivity index (χ1) is 10.3. The van der Waals surface area contributed by atoms with E-state index in [9.17, 15) is 18.0 Å². The fourth-order valence-electron chi connectivity index (χ4n) is 1.72. The Morgan fingerprint density at radius 3 is 2.27 bits per heavy atom. The summed E-state index contributed by atoms with van der Waals surface area (Å²) in [5.41, 5.74) is -0.431. The first kappa shape index (κ1) is 16.4. The standard InChI is InChI=1S/C15H10BrF3O3/c1-21-13-4-2-9(8-20)6-14(13)22-12-5-3-10(7-11(12)16)15(17,18)19/h2-8H,1H3. The van der Waals surface area contributed by atoms with Gasteiger partial charge in [0.2, 0.25) is 0 Å². The molecule has 0 N–H and O–H groups in total. The van der Waals surface area contributed by atoms with E-state index in [0.717, 1.165) is 12.1 Å². The Labute approximate surface area is 132 Å². The molecule has 0 unspecified atom stereocenters. The number of benzene rings is 2. The third kappa shape index (κ3) is 3.59. The molecule has 2 aromatic carbocycles. The number of carbonyl (C=O) groups excluding carboxylic acids is 1. The molecular weight excluding hydrogens is 365 g/mol. The van der Waals surface area contributed by atoms with Crippen LogP contribution in [0.2, 0.25) is 0 Å². The number of aldehydes is 1. The molecule has 0 saturated carbocycles.